The van der Waals surface area contributed by atoms with Gasteiger partial charge in [-0.15, -0.1) is 0 Å². The standard InChI is InChI=1S/C21H28N4O3/c1-15-18-5-3-4-6-19(18)23-21(22-15)25-9-7-16(8-10-25)20(26)24(2)13-17-14-27-11-12-28-17/h3-6,16-17H,7-14H2,1-2H3/t17-/m0/s1. The molecule has 0 saturated carbocycles. The molecule has 0 spiro atoms. The van der Waals surface area contributed by atoms with Crippen LogP contribution in [0.5, 0.6) is 0 Å². The highest BCUT2D eigenvalue weighted by Crippen LogP contribution is 2.25. The van der Waals surface area contributed by atoms with Crippen LogP contribution >= 0.6 is 0 Å². The smallest absolute Gasteiger partial charge is 0.226 e. The van der Waals surface area contributed by atoms with E-state index in [0.29, 0.717) is 26.4 Å². The van der Waals surface area contributed by atoms with Crippen LogP contribution in [-0.2, 0) is 14.3 Å². The molecule has 0 radical (unpaired) electrons. The molecule has 1 aromatic heterocycles. The molecule has 3 heterocycles. The third-order valence-electron chi connectivity index (χ3n) is 5.65. The Kier molecular flexibility index (Phi) is 5.73. The van der Waals surface area contributed by atoms with E-state index in [0.717, 1.165) is 48.5 Å². The summed E-state index contributed by atoms with van der Waals surface area (Å²) in [7, 11) is 1.86. The normalized spacial score (nSPS) is 21.1. The first-order valence-electron chi connectivity index (χ1n) is 10.0. The Morgan fingerprint density at radius 1 is 1.21 bits per heavy atom. The zero-order valence-electron chi connectivity index (χ0n) is 16.6. The number of nitrogens with zero attached hydrogens (tertiary/aromatic N) is 4. The lowest BCUT2D eigenvalue weighted by molar-refractivity contribution is -0.140. The van der Waals surface area contributed by atoms with Crippen LogP contribution in [0.3, 0.4) is 0 Å². The predicted octanol–water partition coefficient (Wildman–Crippen LogP) is 2.03. The molecule has 1 amide bonds. The van der Waals surface area contributed by atoms with Gasteiger partial charge in [-0.2, -0.15) is 0 Å². The van der Waals surface area contributed by atoms with Gasteiger partial charge in [0, 0.05) is 38.0 Å². The van der Waals surface area contributed by atoms with Crippen molar-refractivity contribution in [3.05, 3.63) is 30.0 Å². The number of amides is 1. The van der Waals surface area contributed by atoms with Crippen molar-refractivity contribution in [1.82, 2.24) is 14.9 Å². The van der Waals surface area contributed by atoms with Gasteiger partial charge < -0.3 is 19.3 Å². The van der Waals surface area contributed by atoms with Gasteiger partial charge in [-0.1, -0.05) is 18.2 Å². The monoisotopic (exact) mass is 384 g/mol. The summed E-state index contributed by atoms with van der Waals surface area (Å²) in [6.45, 7) is 6.02. The molecule has 2 aromatic rings. The van der Waals surface area contributed by atoms with Crippen LogP contribution < -0.4 is 4.90 Å². The SMILES string of the molecule is Cc1nc(N2CCC(C(=O)N(C)C[C@H]3COCCO3)CC2)nc2ccccc12. The first-order chi connectivity index (χ1) is 13.6. The number of ether oxygens (including phenoxy) is 2. The van der Waals surface area contributed by atoms with Gasteiger partial charge in [-0.05, 0) is 25.8 Å². The van der Waals surface area contributed by atoms with Crippen LogP contribution in [0.4, 0.5) is 5.95 Å². The van der Waals surface area contributed by atoms with E-state index < -0.39 is 0 Å². The highest BCUT2D eigenvalue weighted by Gasteiger charge is 2.29. The van der Waals surface area contributed by atoms with E-state index in [9.17, 15) is 4.79 Å². The summed E-state index contributed by atoms with van der Waals surface area (Å²) < 4.78 is 11.1. The van der Waals surface area contributed by atoms with E-state index in [2.05, 4.69) is 11.0 Å². The summed E-state index contributed by atoms with van der Waals surface area (Å²) in [6, 6.07) is 8.09. The molecule has 7 heteroatoms. The van der Waals surface area contributed by atoms with E-state index in [1.807, 2.05) is 32.2 Å². The number of aromatic nitrogens is 2. The summed E-state index contributed by atoms with van der Waals surface area (Å²) >= 11 is 0. The van der Waals surface area contributed by atoms with Gasteiger partial charge in [0.15, 0.2) is 0 Å². The van der Waals surface area contributed by atoms with Gasteiger partial charge in [0.2, 0.25) is 11.9 Å². The minimum absolute atomic E-state index is 0.0169. The maximum Gasteiger partial charge on any atom is 0.226 e. The summed E-state index contributed by atoms with van der Waals surface area (Å²) in [4.78, 5) is 26.2. The van der Waals surface area contributed by atoms with Crippen LogP contribution in [0.25, 0.3) is 10.9 Å². The van der Waals surface area contributed by atoms with Crippen LogP contribution in [0, 0.1) is 12.8 Å². The molecule has 2 aliphatic rings. The van der Waals surface area contributed by atoms with E-state index >= 15 is 0 Å². The van der Waals surface area contributed by atoms with E-state index in [1.165, 1.54) is 0 Å². The molecule has 2 saturated heterocycles. The fourth-order valence-corrected chi connectivity index (χ4v) is 4.04. The Labute approximate surface area is 165 Å². The predicted molar refractivity (Wildman–Crippen MR) is 107 cm³/mol. The van der Waals surface area contributed by atoms with Crippen molar-refractivity contribution >= 4 is 22.8 Å². The average molecular weight is 384 g/mol. The summed E-state index contributed by atoms with van der Waals surface area (Å²) in [5, 5.41) is 1.09. The molecule has 28 heavy (non-hydrogen) atoms. The molecule has 4 rings (SSSR count). The summed E-state index contributed by atoms with van der Waals surface area (Å²) in [5.41, 5.74) is 1.96. The second-order valence-corrected chi connectivity index (χ2v) is 7.67. The lowest BCUT2D eigenvalue weighted by Crippen LogP contribution is -2.45. The molecule has 0 N–H and O–H groups in total. The fraction of sp³-hybridized carbons (Fsp3) is 0.571. The summed E-state index contributed by atoms with van der Waals surface area (Å²) in [5.74, 6) is 1.01. The zero-order valence-corrected chi connectivity index (χ0v) is 16.6. The lowest BCUT2D eigenvalue weighted by atomic mass is 9.95. The number of carbonyl (C=O) groups excluding carboxylic acids is 1. The Balaban J connectivity index is 1.35. The fourth-order valence-electron chi connectivity index (χ4n) is 4.04. The number of aryl methyl sites for hydroxylation is 1. The van der Waals surface area contributed by atoms with Gasteiger partial charge >= 0.3 is 0 Å². The first-order valence-corrected chi connectivity index (χ1v) is 10.0. The van der Waals surface area contributed by atoms with E-state index in [1.54, 1.807) is 4.90 Å². The number of para-hydroxylation sites is 1. The Bertz CT molecular complexity index is 830. The topological polar surface area (TPSA) is 67.8 Å². The molecule has 0 bridgehead atoms. The number of hydrogen-bond donors (Lipinski definition) is 0. The molecule has 2 fully saturated rings. The molecular weight excluding hydrogens is 356 g/mol. The largest absolute Gasteiger partial charge is 0.376 e. The van der Waals surface area contributed by atoms with Crippen molar-refractivity contribution in [1.29, 1.82) is 0 Å². The minimum Gasteiger partial charge on any atom is -0.376 e. The van der Waals surface area contributed by atoms with Gasteiger partial charge in [0.25, 0.3) is 0 Å². The molecule has 150 valence electrons. The number of fused-ring (bicyclic) bond motifs is 1. The molecule has 0 unspecified atom stereocenters. The maximum absolute atomic E-state index is 12.8. The van der Waals surface area contributed by atoms with E-state index in [4.69, 9.17) is 19.4 Å². The second-order valence-electron chi connectivity index (χ2n) is 7.67. The van der Waals surface area contributed by atoms with Crippen molar-refractivity contribution in [3.8, 4) is 0 Å². The molecule has 7 nitrogen and oxygen atoms in total. The lowest BCUT2D eigenvalue weighted by Gasteiger charge is -2.34. The van der Waals surface area contributed by atoms with Crippen molar-refractivity contribution in [3.63, 3.8) is 0 Å². The molecule has 0 aliphatic carbocycles. The van der Waals surface area contributed by atoms with Gasteiger partial charge in [-0.25, -0.2) is 9.97 Å². The van der Waals surface area contributed by atoms with Crippen LogP contribution in [-0.4, -0.2) is 73.4 Å². The Morgan fingerprint density at radius 2 is 2.00 bits per heavy atom. The zero-order chi connectivity index (χ0) is 19.5. The maximum atomic E-state index is 12.8. The number of carbonyl (C=O) groups is 1. The highest BCUT2D eigenvalue weighted by atomic mass is 16.6. The van der Waals surface area contributed by atoms with Gasteiger partial charge in [0.1, 0.15) is 0 Å². The first kappa shape index (κ1) is 19.1. The van der Waals surface area contributed by atoms with Crippen molar-refractivity contribution in [2.45, 2.75) is 25.9 Å². The second kappa shape index (κ2) is 8.41. The van der Waals surface area contributed by atoms with Gasteiger partial charge in [0.05, 0.1) is 37.1 Å². The van der Waals surface area contributed by atoms with Gasteiger partial charge in [-0.3, -0.25) is 4.79 Å². The number of piperidine rings is 1. The van der Waals surface area contributed by atoms with Crippen molar-refractivity contribution in [2.75, 3.05) is 51.4 Å². The third kappa shape index (κ3) is 4.10. The van der Waals surface area contributed by atoms with Crippen LogP contribution in [0.15, 0.2) is 24.3 Å². The number of anilines is 1. The van der Waals surface area contributed by atoms with Crippen molar-refractivity contribution in [2.24, 2.45) is 5.92 Å². The summed E-state index contributed by atoms with van der Waals surface area (Å²) in [6.07, 6.45) is 1.62. The number of benzene rings is 1. The number of rotatable bonds is 4. The molecule has 1 atom stereocenters. The van der Waals surface area contributed by atoms with Crippen LogP contribution in [0.1, 0.15) is 18.5 Å². The average Bonchev–Trinajstić information content (AvgIpc) is 2.74. The highest BCUT2D eigenvalue weighted by molar-refractivity contribution is 5.82. The quantitative estimate of drug-likeness (QED) is 0.804. The number of likely N-dealkylation sites (N-methyl/N-ethyl adjacent to an activating group) is 1. The molecule has 2 aliphatic heterocycles. The van der Waals surface area contributed by atoms with E-state index in [-0.39, 0.29) is 17.9 Å². The van der Waals surface area contributed by atoms with Crippen LogP contribution in [0.2, 0.25) is 0 Å². The Morgan fingerprint density at radius 3 is 2.75 bits per heavy atom. The minimum atomic E-state index is -0.0169. The molecular formula is C21H28N4O3. The Hall–Kier alpha value is -2.25. The molecule has 1 aromatic carbocycles. The number of hydrogen-bond acceptors (Lipinski definition) is 6. The third-order valence-corrected chi connectivity index (χ3v) is 5.65. The van der Waals surface area contributed by atoms with Crippen molar-refractivity contribution < 1.29 is 14.3 Å².